The molecule has 27 heavy (non-hydrogen) atoms. The van der Waals surface area contributed by atoms with Gasteiger partial charge in [0.05, 0.1) is 6.42 Å². The predicted octanol–water partition coefficient (Wildman–Crippen LogP) is 3.02. The molecule has 3 rings (SSSR count). The zero-order valence-electron chi connectivity index (χ0n) is 16.3. The molecule has 0 saturated heterocycles. The second-order valence-electron chi connectivity index (χ2n) is 8.19. The Morgan fingerprint density at radius 1 is 1.15 bits per heavy atom. The summed E-state index contributed by atoms with van der Waals surface area (Å²) in [4.78, 5) is 25.8. The van der Waals surface area contributed by atoms with Gasteiger partial charge in [-0.1, -0.05) is 56.5 Å². The fourth-order valence-electron chi connectivity index (χ4n) is 4.30. The second kappa shape index (κ2) is 8.42. The van der Waals surface area contributed by atoms with Crippen molar-refractivity contribution in [3.05, 3.63) is 35.9 Å². The van der Waals surface area contributed by atoms with Crippen molar-refractivity contribution >= 4 is 11.8 Å². The van der Waals surface area contributed by atoms with E-state index in [4.69, 9.17) is 0 Å². The SMILES string of the molecule is CCCNC(=O)C1(NC(=O)C[C@](O)(c2ccccc2)C2CC2)CCCCC1. The minimum Gasteiger partial charge on any atom is -0.384 e. The number of carbonyl (C=O) groups excluding carboxylic acids is 2. The maximum Gasteiger partial charge on any atom is 0.245 e. The summed E-state index contributed by atoms with van der Waals surface area (Å²) in [5.41, 5.74) is -1.19. The molecule has 0 heterocycles. The van der Waals surface area contributed by atoms with Crippen molar-refractivity contribution in [1.29, 1.82) is 0 Å². The third kappa shape index (κ3) is 4.52. The van der Waals surface area contributed by atoms with Gasteiger partial charge in [-0.15, -0.1) is 0 Å². The molecule has 5 nitrogen and oxygen atoms in total. The van der Waals surface area contributed by atoms with Crippen LogP contribution in [0.15, 0.2) is 30.3 Å². The Kier molecular flexibility index (Phi) is 6.20. The molecule has 0 aromatic heterocycles. The molecule has 148 valence electrons. The van der Waals surface area contributed by atoms with E-state index in [1.165, 1.54) is 0 Å². The number of nitrogens with one attached hydrogen (secondary N) is 2. The van der Waals surface area contributed by atoms with E-state index < -0.39 is 11.1 Å². The van der Waals surface area contributed by atoms with E-state index in [0.29, 0.717) is 19.4 Å². The number of rotatable bonds is 8. The highest BCUT2D eigenvalue weighted by atomic mass is 16.3. The Morgan fingerprint density at radius 3 is 2.41 bits per heavy atom. The van der Waals surface area contributed by atoms with Crippen molar-refractivity contribution < 1.29 is 14.7 Å². The smallest absolute Gasteiger partial charge is 0.245 e. The minimum absolute atomic E-state index is 0.00445. The molecule has 0 spiro atoms. The highest BCUT2D eigenvalue weighted by Crippen LogP contribution is 2.47. The van der Waals surface area contributed by atoms with Gasteiger partial charge in [0.25, 0.3) is 0 Å². The lowest BCUT2D eigenvalue weighted by Crippen LogP contribution is -2.60. The summed E-state index contributed by atoms with van der Waals surface area (Å²) < 4.78 is 0. The standard InChI is InChI=1S/C22H32N2O3/c1-2-15-23-20(26)21(13-7-4-8-14-21)24-19(25)16-22(27,18-11-12-18)17-9-5-3-6-10-17/h3,5-6,9-10,18,27H,2,4,7-8,11-16H2,1H3,(H,23,26)(H,24,25)/t22-/m0/s1. The fraction of sp³-hybridized carbons (Fsp3) is 0.636. The quantitative estimate of drug-likeness (QED) is 0.656. The predicted molar refractivity (Wildman–Crippen MR) is 105 cm³/mol. The summed E-state index contributed by atoms with van der Waals surface area (Å²) in [6, 6.07) is 9.46. The lowest BCUT2D eigenvalue weighted by atomic mass is 9.79. The third-order valence-corrected chi connectivity index (χ3v) is 6.01. The molecule has 2 aliphatic rings. The van der Waals surface area contributed by atoms with Gasteiger partial charge < -0.3 is 15.7 Å². The molecule has 0 radical (unpaired) electrons. The summed E-state index contributed by atoms with van der Waals surface area (Å²) in [7, 11) is 0. The number of hydrogen-bond donors (Lipinski definition) is 3. The molecule has 2 amide bonds. The van der Waals surface area contributed by atoms with Gasteiger partial charge in [-0.05, 0) is 43.6 Å². The monoisotopic (exact) mass is 372 g/mol. The first kappa shape index (κ1) is 19.9. The Balaban J connectivity index is 1.74. The Morgan fingerprint density at radius 2 is 1.81 bits per heavy atom. The zero-order valence-corrected chi connectivity index (χ0v) is 16.3. The molecule has 5 heteroatoms. The molecular formula is C22H32N2O3. The van der Waals surface area contributed by atoms with Gasteiger partial charge in [0.15, 0.2) is 0 Å². The van der Waals surface area contributed by atoms with Crippen LogP contribution in [-0.4, -0.2) is 29.0 Å². The van der Waals surface area contributed by atoms with Crippen molar-refractivity contribution in [3.63, 3.8) is 0 Å². The van der Waals surface area contributed by atoms with Crippen LogP contribution in [0.4, 0.5) is 0 Å². The van der Waals surface area contributed by atoms with Gasteiger partial charge in [-0.3, -0.25) is 9.59 Å². The van der Waals surface area contributed by atoms with Crippen LogP contribution in [0, 0.1) is 5.92 Å². The normalized spacial score (nSPS) is 21.1. The van der Waals surface area contributed by atoms with Crippen LogP contribution in [0.25, 0.3) is 0 Å². The van der Waals surface area contributed by atoms with E-state index in [0.717, 1.165) is 44.1 Å². The lowest BCUT2D eigenvalue weighted by molar-refractivity contribution is -0.138. The summed E-state index contributed by atoms with van der Waals surface area (Å²) in [6.07, 6.45) is 7.03. The molecular weight excluding hydrogens is 340 g/mol. The minimum atomic E-state index is -1.15. The number of benzene rings is 1. The molecule has 0 aliphatic heterocycles. The molecule has 1 aromatic carbocycles. The van der Waals surface area contributed by atoms with Crippen LogP contribution >= 0.6 is 0 Å². The number of hydrogen-bond acceptors (Lipinski definition) is 3. The summed E-state index contributed by atoms with van der Waals surface area (Å²) in [5.74, 6) is -0.198. The van der Waals surface area contributed by atoms with E-state index >= 15 is 0 Å². The van der Waals surface area contributed by atoms with Crippen molar-refractivity contribution in [1.82, 2.24) is 10.6 Å². The highest BCUT2D eigenvalue weighted by Gasteiger charge is 2.48. The first-order valence-electron chi connectivity index (χ1n) is 10.4. The van der Waals surface area contributed by atoms with Crippen molar-refractivity contribution in [2.24, 2.45) is 5.92 Å². The van der Waals surface area contributed by atoms with Gasteiger partial charge in [0.1, 0.15) is 11.1 Å². The fourth-order valence-corrected chi connectivity index (χ4v) is 4.30. The lowest BCUT2D eigenvalue weighted by Gasteiger charge is -2.38. The van der Waals surface area contributed by atoms with E-state index in [9.17, 15) is 14.7 Å². The van der Waals surface area contributed by atoms with Crippen LogP contribution in [-0.2, 0) is 15.2 Å². The average Bonchev–Trinajstić information content (AvgIpc) is 3.53. The molecule has 0 bridgehead atoms. The third-order valence-electron chi connectivity index (χ3n) is 6.01. The molecule has 0 unspecified atom stereocenters. The van der Waals surface area contributed by atoms with Gasteiger partial charge in [-0.2, -0.15) is 0 Å². The van der Waals surface area contributed by atoms with Gasteiger partial charge in [0, 0.05) is 6.54 Å². The summed E-state index contributed by atoms with van der Waals surface area (Å²) in [6.45, 7) is 2.63. The van der Waals surface area contributed by atoms with Crippen molar-refractivity contribution in [2.75, 3.05) is 6.54 Å². The maximum absolute atomic E-state index is 13.0. The topological polar surface area (TPSA) is 78.4 Å². The summed E-state index contributed by atoms with van der Waals surface area (Å²) in [5, 5.41) is 17.3. The number of aliphatic hydroxyl groups is 1. The molecule has 2 aliphatic carbocycles. The molecule has 1 atom stereocenters. The molecule has 3 N–H and O–H groups in total. The van der Waals surface area contributed by atoms with E-state index in [1.807, 2.05) is 37.3 Å². The van der Waals surface area contributed by atoms with E-state index in [2.05, 4.69) is 10.6 Å². The highest BCUT2D eigenvalue weighted by molar-refractivity contribution is 5.92. The number of amides is 2. The van der Waals surface area contributed by atoms with Crippen LogP contribution < -0.4 is 10.6 Å². The largest absolute Gasteiger partial charge is 0.384 e. The molecule has 2 saturated carbocycles. The maximum atomic E-state index is 13.0. The van der Waals surface area contributed by atoms with Crippen LogP contribution in [0.5, 0.6) is 0 Å². The summed E-state index contributed by atoms with van der Waals surface area (Å²) >= 11 is 0. The zero-order chi connectivity index (χ0) is 19.3. The van der Waals surface area contributed by atoms with Crippen LogP contribution in [0.1, 0.15) is 70.3 Å². The van der Waals surface area contributed by atoms with Gasteiger partial charge >= 0.3 is 0 Å². The Hall–Kier alpha value is -1.88. The first-order chi connectivity index (χ1) is 13.0. The molecule has 2 fully saturated rings. The van der Waals surface area contributed by atoms with Crippen molar-refractivity contribution in [2.45, 2.75) is 75.9 Å². The van der Waals surface area contributed by atoms with Crippen LogP contribution in [0.3, 0.4) is 0 Å². The Bertz CT molecular complexity index is 651. The number of carbonyl (C=O) groups is 2. The van der Waals surface area contributed by atoms with Gasteiger partial charge in [-0.25, -0.2) is 0 Å². The van der Waals surface area contributed by atoms with Crippen molar-refractivity contribution in [3.8, 4) is 0 Å². The van der Waals surface area contributed by atoms with E-state index in [-0.39, 0.29) is 24.2 Å². The average molecular weight is 373 g/mol. The van der Waals surface area contributed by atoms with Crippen LogP contribution in [0.2, 0.25) is 0 Å². The first-order valence-corrected chi connectivity index (χ1v) is 10.4. The van der Waals surface area contributed by atoms with E-state index in [1.54, 1.807) is 0 Å². The second-order valence-corrected chi connectivity index (χ2v) is 8.19. The van der Waals surface area contributed by atoms with Gasteiger partial charge in [0.2, 0.25) is 11.8 Å². The Labute approximate surface area is 161 Å². The molecule has 1 aromatic rings.